The number of nitrogens with one attached hydrogen (secondary N) is 1. The van der Waals surface area contributed by atoms with E-state index in [0.717, 1.165) is 44.5 Å². The zero-order chi connectivity index (χ0) is 15.8. The molecule has 1 aliphatic rings. The highest BCUT2D eigenvalue weighted by Gasteiger charge is 2.37. The molecule has 0 amide bonds. The third kappa shape index (κ3) is 5.26. The van der Waals surface area contributed by atoms with Crippen LogP contribution in [0.25, 0.3) is 0 Å². The highest BCUT2D eigenvalue weighted by atomic mass is 127. The van der Waals surface area contributed by atoms with E-state index in [1.54, 1.807) is 7.11 Å². The topological polar surface area (TPSA) is 59.6 Å². The van der Waals surface area contributed by atoms with Crippen LogP contribution in [0.5, 0.6) is 5.75 Å². The SMILES string of the molecule is CCCCNC(N)=NCC1(c2ccccc2OC)CCCC1.I. The van der Waals surface area contributed by atoms with Gasteiger partial charge in [-0.2, -0.15) is 0 Å². The van der Waals surface area contributed by atoms with Crippen molar-refractivity contribution in [2.45, 2.75) is 50.9 Å². The molecule has 23 heavy (non-hydrogen) atoms. The number of rotatable bonds is 7. The van der Waals surface area contributed by atoms with Gasteiger partial charge in [0.25, 0.3) is 0 Å². The standard InChI is InChI=1S/C18H29N3O.HI/c1-3-4-13-20-17(19)21-14-18(11-7-8-12-18)15-9-5-6-10-16(15)22-2;/h5-6,9-10H,3-4,7-8,11-14H2,1-2H3,(H3,19,20,21);1H. The predicted molar refractivity (Wildman–Crippen MR) is 108 cm³/mol. The van der Waals surface area contributed by atoms with E-state index in [2.05, 4.69) is 29.4 Å². The maximum Gasteiger partial charge on any atom is 0.188 e. The summed E-state index contributed by atoms with van der Waals surface area (Å²) in [5.41, 5.74) is 7.36. The number of methoxy groups -OCH3 is 1. The van der Waals surface area contributed by atoms with E-state index in [-0.39, 0.29) is 29.4 Å². The second-order valence-electron chi connectivity index (χ2n) is 6.17. The van der Waals surface area contributed by atoms with Crippen LogP contribution in [0.3, 0.4) is 0 Å². The fourth-order valence-electron chi connectivity index (χ4n) is 3.33. The molecule has 0 saturated heterocycles. The number of nitrogens with zero attached hydrogens (tertiary/aromatic N) is 1. The Balaban J connectivity index is 0.00000264. The van der Waals surface area contributed by atoms with E-state index in [1.807, 2.05) is 12.1 Å². The molecular formula is C18H30IN3O. The Labute approximate surface area is 157 Å². The van der Waals surface area contributed by atoms with Gasteiger partial charge in [-0.3, -0.25) is 4.99 Å². The lowest BCUT2D eigenvalue weighted by molar-refractivity contribution is 0.378. The Hall–Kier alpha value is -0.980. The van der Waals surface area contributed by atoms with Crippen molar-refractivity contribution in [2.75, 3.05) is 20.2 Å². The molecule has 0 radical (unpaired) electrons. The van der Waals surface area contributed by atoms with Crippen LogP contribution >= 0.6 is 24.0 Å². The molecule has 1 fully saturated rings. The van der Waals surface area contributed by atoms with Gasteiger partial charge >= 0.3 is 0 Å². The highest BCUT2D eigenvalue weighted by Crippen LogP contribution is 2.44. The number of halogens is 1. The molecule has 2 rings (SSSR count). The maximum atomic E-state index is 6.01. The zero-order valence-electron chi connectivity index (χ0n) is 14.3. The summed E-state index contributed by atoms with van der Waals surface area (Å²) >= 11 is 0. The van der Waals surface area contributed by atoms with E-state index in [1.165, 1.54) is 18.4 Å². The Bertz CT molecular complexity index is 499. The lowest BCUT2D eigenvalue weighted by atomic mass is 9.78. The summed E-state index contributed by atoms with van der Waals surface area (Å²) < 4.78 is 5.57. The van der Waals surface area contributed by atoms with Crippen molar-refractivity contribution < 1.29 is 4.74 Å². The molecule has 1 aromatic carbocycles. The second-order valence-corrected chi connectivity index (χ2v) is 6.17. The average Bonchev–Trinajstić information content (AvgIpc) is 3.03. The molecule has 0 heterocycles. The summed E-state index contributed by atoms with van der Waals surface area (Å²) in [6, 6.07) is 8.34. The molecule has 130 valence electrons. The van der Waals surface area contributed by atoms with Crippen LogP contribution in [0.15, 0.2) is 29.3 Å². The fourth-order valence-corrected chi connectivity index (χ4v) is 3.33. The first-order valence-electron chi connectivity index (χ1n) is 8.39. The van der Waals surface area contributed by atoms with Gasteiger partial charge in [0.2, 0.25) is 0 Å². The van der Waals surface area contributed by atoms with Crippen LogP contribution in [-0.2, 0) is 5.41 Å². The van der Waals surface area contributed by atoms with E-state index >= 15 is 0 Å². The number of ether oxygens (including phenoxy) is 1. The van der Waals surface area contributed by atoms with Crippen molar-refractivity contribution in [1.82, 2.24) is 5.32 Å². The number of nitrogens with two attached hydrogens (primary N) is 1. The van der Waals surface area contributed by atoms with Gasteiger partial charge in [0.05, 0.1) is 13.7 Å². The Morgan fingerprint density at radius 2 is 2.00 bits per heavy atom. The first-order valence-corrected chi connectivity index (χ1v) is 8.39. The van der Waals surface area contributed by atoms with E-state index in [4.69, 9.17) is 10.5 Å². The summed E-state index contributed by atoms with van der Waals surface area (Å²) in [6.07, 6.45) is 7.07. The Kier molecular flexibility index (Phi) is 8.73. The van der Waals surface area contributed by atoms with Crippen molar-refractivity contribution in [3.8, 4) is 5.75 Å². The van der Waals surface area contributed by atoms with Gasteiger partial charge in [-0.05, 0) is 25.3 Å². The molecule has 1 aromatic rings. The molecule has 4 nitrogen and oxygen atoms in total. The summed E-state index contributed by atoms with van der Waals surface area (Å²) in [4.78, 5) is 4.63. The zero-order valence-corrected chi connectivity index (χ0v) is 16.6. The van der Waals surface area contributed by atoms with Gasteiger partial charge < -0.3 is 15.8 Å². The number of hydrogen-bond acceptors (Lipinski definition) is 2. The number of benzene rings is 1. The molecule has 1 aliphatic carbocycles. The fraction of sp³-hybridized carbons (Fsp3) is 0.611. The smallest absolute Gasteiger partial charge is 0.188 e. The predicted octanol–water partition coefficient (Wildman–Crippen LogP) is 3.83. The lowest BCUT2D eigenvalue weighted by Gasteiger charge is -2.29. The van der Waals surface area contributed by atoms with Crippen LogP contribution in [0.1, 0.15) is 51.0 Å². The first kappa shape index (κ1) is 20.1. The summed E-state index contributed by atoms with van der Waals surface area (Å²) in [6.45, 7) is 3.80. The molecule has 0 spiro atoms. The maximum absolute atomic E-state index is 6.01. The minimum atomic E-state index is 0. The Morgan fingerprint density at radius 3 is 2.65 bits per heavy atom. The van der Waals surface area contributed by atoms with E-state index < -0.39 is 0 Å². The van der Waals surface area contributed by atoms with Crippen LogP contribution in [0.4, 0.5) is 0 Å². The van der Waals surface area contributed by atoms with Crippen molar-refractivity contribution in [1.29, 1.82) is 0 Å². The normalized spacial score (nSPS) is 16.7. The largest absolute Gasteiger partial charge is 0.496 e. The highest BCUT2D eigenvalue weighted by molar-refractivity contribution is 14.0. The third-order valence-corrected chi connectivity index (χ3v) is 4.63. The van der Waals surface area contributed by atoms with Crippen molar-refractivity contribution >= 4 is 29.9 Å². The van der Waals surface area contributed by atoms with Gasteiger partial charge in [-0.25, -0.2) is 0 Å². The minimum absolute atomic E-state index is 0. The molecule has 0 aromatic heterocycles. The number of unbranched alkanes of at least 4 members (excludes halogenated alkanes) is 1. The number of aliphatic imine (C=N–C) groups is 1. The monoisotopic (exact) mass is 431 g/mol. The summed E-state index contributed by atoms with van der Waals surface area (Å²) in [5, 5.41) is 3.20. The molecule has 0 bridgehead atoms. The lowest BCUT2D eigenvalue weighted by Crippen LogP contribution is -2.35. The van der Waals surface area contributed by atoms with Gasteiger partial charge in [0.15, 0.2) is 5.96 Å². The molecule has 5 heteroatoms. The summed E-state index contributed by atoms with van der Waals surface area (Å²) in [5.74, 6) is 1.53. The van der Waals surface area contributed by atoms with Crippen LogP contribution < -0.4 is 15.8 Å². The summed E-state index contributed by atoms with van der Waals surface area (Å²) in [7, 11) is 1.74. The van der Waals surface area contributed by atoms with Crippen LogP contribution in [0.2, 0.25) is 0 Å². The third-order valence-electron chi connectivity index (χ3n) is 4.63. The minimum Gasteiger partial charge on any atom is -0.496 e. The van der Waals surface area contributed by atoms with E-state index in [9.17, 15) is 0 Å². The van der Waals surface area contributed by atoms with Crippen molar-refractivity contribution in [3.05, 3.63) is 29.8 Å². The van der Waals surface area contributed by atoms with Crippen LogP contribution in [-0.4, -0.2) is 26.2 Å². The van der Waals surface area contributed by atoms with Gasteiger partial charge in [0.1, 0.15) is 5.75 Å². The molecular weight excluding hydrogens is 401 g/mol. The van der Waals surface area contributed by atoms with Gasteiger partial charge in [-0.15, -0.1) is 24.0 Å². The van der Waals surface area contributed by atoms with Gasteiger partial charge in [0, 0.05) is 17.5 Å². The van der Waals surface area contributed by atoms with Crippen molar-refractivity contribution in [3.63, 3.8) is 0 Å². The molecule has 3 N–H and O–H groups in total. The van der Waals surface area contributed by atoms with Crippen molar-refractivity contribution in [2.24, 2.45) is 10.7 Å². The number of guanidine groups is 1. The number of hydrogen-bond donors (Lipinski definition) is 2. The molecule has 0 atom stereocenters. The number of para-hydroxylation sites is 1. The molecule has 1 saturated carbocycles. The second kappa shape index (κ2) is 10.0. The molecule has 0 aliphatic heterocycles. The molecule has 0 unspecified atom stereocenters. The average molecular weight is 431 g/mol. The van der Waals surface area contributed by atoms with E-state index in [0.29, 0.717) is 5.96 Å². The first-order chi connectivity index (χ1) is 10.7. The van der Waals surface area contributed by atoms with Crippen LogP contribution in [0, 0.1) is 0 Å². The van der Waals surface area contributed by atoms with Gasteiger partial charge in [-0.1, -0.05) is 44.4 Å². The Morgan fingerprint density at radius 1 is 1.30 bits per heavy atom. The quantitative estimate of drug-likeness (QED) is 0.299.